The molecule has 4 nitrogen and oxygen atoms in total. The second-order valence-corrected chi connectivity index (χ2v) is 29.0. The average molecular weight is 1010 g/mol. The van der Waals surface area contributed by atoms with Crippen LogP contribution in [-0.2, 0) is 37.9 Å². The maximum atomic E-state index is 7.65. The highest BCUT2D eigenvalue weighted by Gasteiger charge is 2.50. The minimum Gasteiger partial charge on any atom is -0.468 e. The van der Waals surface area contributed by atoms with E-state index in [2.05, 4.69) is 258 Å². The van der Waals surface area contributed by atoms with E-state index in [0.717, 1.165) is 65.1 Å². The molecular formula is C72H80BN3O. The molecule has 3 aliphatic carbocycles. The molecular weight excluding hydrogens is 934 g/mol. The van der Waals surface area contributed by atoms with E-state index in [1.54, 1.807) is 0 Å². The highest BCUT2D eigenvalue weighted by molar-refractivity contribution is 7.00. The molecule has 1 aromatic heterocycles. The van der Waals surface area contributed by atoms with Crippen LogP contribution in [0.15, 0.2) is 144 Å². The molecule has 0 radical (unpaired) electrons. The first-order valence-corrected chi connectivity index (χ1v) is 29.0. The van der Waals surface area contributed by atoms with Gasteiger partial charge in [-0.1, -0.05) is 165 Å². The van der Waals surface area contributed by atoms with E-state index >= 15 is 0 Å². The largest absolute Gasteiger partial charge is 0.468 e. The van der Waals surface area contributed by atoms with Crippen molar-refractivity contribution in [1.82, 2.24) is 0 Å². The predicted molar refractivity (Wildman–Crippen MR) is 329 cm³/mol. The van der Waals surface area contributed by atoms with Gasteiger partial charge in [-0.3, -0.25) is 0 Å². The van der Waals surface area contributed by atoms with Crippen LogP contribution in [0.25, 0.3) is 11.0 Å². The van der Waals surface area contributed by atoms with Gasteiger partial charge in [-0.2, -0.15) is 0 Å². The quantitative estimate of drug-likeness (QED) is 0.160. The lowest BCUT2D eigenvalue weighted by Crippen LogP contribution is -2.61. The number of hydrogen-bond donors (Lipinski definition) is 0. The first-order chi connectivity index (χ1) is 36.3. The second kappa shape index (κ2) is 16.5. The van der Waals surface area contributed by atoms with Gasteiger partial charge < -0.3 is 19.1 Å². The molecule has 8 aromatic rings. The lowest BCUT2D eigenvalue weighted by molar-refractivity contribution is 0.332. The summed E-state index contributed by atoms with van der Waals surface area (Å²) < 4.78 is 7.65. The molecule has 77 heavy (non-hydrogen) atoms. The summed E-state index contributed by atoms with van der Waals surface area (Å²) in [6.45, 7) is 36.4. The number of rotatable bonds is 5. The minimum atomic E-state index is -0.189. The highest BCUT2D eigenvalue weighted by Crippen LogP contribution is 2.56. The first-order valence-electron chi connectivity index (χ1n) is 29.0. The molecule has 5 heteroatoms. The molecule has 2 aliphatic heterocycles. The first kappa shape index (κ1) is 50.1. The fourth-order valence-electron chi connectivity index (χ4n) is 14.7. The van der Waals surface area contributed by atoms with Gasteiger partial charge in [0.15, 0.2) is 0 Å². The maximum Gasteiger partial charge on any atom is 0.297 e. The Hall–Kier alpha value is -6.46. The van der Waals surface area contributed by atoms with Crippen LogP contribution in [-0.4, -0.2) is 6.71 Å². The van der Waals surface area contributed by atoms with Crippen molar-refractivity contribution in [3.05, 3.63) is 178 Å². The van der Waals surface area contributed by atoms with Gasteiger partial charge in [0.25, 0.3) is 6.71 Å². The zero-order valence-electron chi connectivity index (χ0n) is 48.8. The van der Waals surface area contributed by atoms with Crippen LogP contribution in [0.2, 0.25) is 0 Å². The van der Waals surface area contributed by atoms with Crippen molar-refractivity contribution in [1.29, 1.82) is 0 Å². The third-order valence-electron chi connectivity index (χ3n) is 20.0. The van der Waals surface area contributed by atoms with E-state index in [0.29, 0.717) is 0 Å². The highest BCUT2D eigenvalue weighted by atomic mass is 16.3. The van der Waals surface area contributed by atoms with Crippen molar-refractivity contribution < 1.29 is 4.42 Å². The van der Waals surface area contributed by atoms with E-state index in [4.69, 9.17) is 4.42 Å². The monoisotopic (exact) mass is 1010 g/mol. The Morgan fingerprint density at radius 1 is 0.429 bits per heavy atom. The van der Waals surface area contributed by atoms with Crippen LogP contribution < -0.4 is 31.3 Å². The Labute approximate surface area is 461 Å². The molecule has 0 spiro atoms. The van der Waals surface area contributed by atoms with Crippen molar-refractivity contribution in [3.63, 3.8) is 0 Å². The summed E-state index contributed by atoms with van der Waals surface area (Å²) in [6, 6.07) is 54.4. The van der Waals surface area contributed by atoms with E-state index in [9.17, 15) is 0 Å². The van der Waals surface area contributed by atoms with E-state index in [-0.39, 0.29) is 44.6 Å². The lowest BCUT2D eigenvalue weighted by atomic mass is 9.35. The Kier molecular flexibility index (Phi) is 10.8. The van der Waals surface area contributed by atoms with Gasteiger partial charge in [-0.05, 0) is 205 Å². The smallest absolute Gasteiger partial charge is 0.297 e. The fraction of sp³-hybridized carbons (Fsp3) is 0.389. The van der Waals surface area contributed by atoms with Crippen molar-refractivity contribution in [2.45, 2.75) is 180 Å². The molecule has 0 fully saturated rings. The second-order valence-electron chi connectivity index (χ2n) is 29.0. The normalized spacial score (nSPS) is 19.6. The molecule has 0 atom stereocenters. The lowest BCUT2D eigenvalue weighted by Gasteiger charge is -2.47. The summed E-state index contributed by atoms with van der Waals surface area (Å²) in [6.07, 6.45) is 6.90. The number of benzene rings is 7. The van der Waals surface area contributed by atoms with Gasteiger partial charge in [0.2, 0.25) is 0 Å². The van der Waals surface area contributed by atoms with Gasteiger partial charge in [0, 0.05) is 45.2 Å². The van der Waals surface area contributed by atoms with Crippen LogP contribution in [0.5, 0.6) is 0 Å². The summed E-state index contributed by atoms with van der Waals surface area (Å²) in [4.78, 5) is 7.82. The third kappa shape index (κ3) is 7.66. The molecule has 0 saturated carbocycles. The van der Waals surface area contributed by atoms with Gasteiger partial charge in [0.05, 0.1) is 17.0 Å². The zero-order chi connectivity index (χ0) is 54.1. The number of furan rings is 1. The number of para-hydroxylation sites is 2. The van der Waals surface area contributed by atoms with Crippen molar-refractivity contribution in [3.8, 4) is 0 Å². The molecule has 13 rings (SSSR count). The molecule has 7 aromatic carbocycles. The molecule has 0 amide bonds. The van der Waals surface area contributed by atoms with Crippen molar-refractivity contribution >= 4 is 85.5 Å². The Morgan fingerprint density at radius 2 is 0.870 bits per heavy atom. The van der Waals surface area contributed by atoms with Gasteiger partial charge in [0.1, 0.15) is 5.58 Å². The van der Waals surface area contributed by atoms with E-state index in [1.165, 1.54) is 91.1 Å². The molecule has 0 bridgehead atoms. The molecule has 5 aliphatic rings. The summed E-state index contributed by atoms with van der Waals surface area (Å²) in [7, 11) is 0. The summed E-state index contributed by atoms with van der Waals surface area (Å²) in [5.74, 6) is 0. The zero-order valence-corrected chi connectivity index (χ0v) is 48.8. The van der Waals surface area contributed by atoms with Crippen LogP contribution in [0.3, 0.4) is 0 Å². The van der Waals surface area contributed by atoms with Crippen LogP contribution in [0, 0.1) is 0 Å². The Morgan fingerprint density at radius 3 is 1.36 bits per heavy atom. The van der Waals surface area contributed by atoms with E-state index < -0.39 is 0 Å². The van der Waals surface area contributed by atoms with Gasteiger partial charge in [-0.15, -0.1) is 0 Å². The number of nitrogens with zero attached hydrogens (tertiary/aromatic N) is 3. The SMILES string of the molecule is CC(C)(C)c1ccc2oc3c(c2c1)N(c1ccc2c(c1)C(C)(C)CCC2(C)C)c1cc(N(c2ccccc2)c2ccccc2)cc2c1B3c1cc3c(cc1N2c1ccc2c(c1)C(C)(C)CCC2(C)C)C(C)(C)CCC3(C)C. The summed E-state index contributed by atoms with van der Waals surface area (Å²) in [5.41, 5.74) is 25.2. The van der Waals surface area contributed by atoms with Crippen LogP contribution >= 0.6 is 0 Å². The van der Waals surface area contributed by atoms with E-state index in [1.807, 2.05) is 0 Å². The average Bonchev–Trinajstić information content (AvgIpc) is 3.95. The maximum absolute atomic E-state index is 7.65. The molecule has 392 valence electrons. The van der Waals surface area contributed by atoms with Crippen LogP contribution in [0.1, 0.15) is 181 Å². The minimum absolute atomic E-state index is 0.00276. The Bertz CT molecular complexity index is 3670. The number of fused-ring (bicyclic) bond motifs is 9. The standard InChI is InChI=1S/C72H80BN3O/c1-66(2,3)45-26-31-62-51(38-45)64-65(77-62)73-58-43-56-57(72(14,15)37-36-71(56,12)13)44-59(58)75(48-27-29-52-54(39-48)69(8,9)34-32-67(52,4)5)60-41-50(74(46-22-18-16-19-23-46)47-24-20-17-21-25-47)42-61(63(60)73)76(64)49-28-30-53-55(40-49)70(10,11)35-33-68(53,6)7/h16-31,38-44H,32-37H2,1-15H3. The molecule has 3 heterocycles. The predicted octanol–water partition coefficient (Wildman–Crippen LogP) is 18.3. The number of anilines is 9. The topological polar surface area (TPSA) is 22.9 Å². The third-order valence-corrected chi connectivity index (χ3v) is 20.0. The van der Waals surface area contributed by atoms with Gasteiger partial charge >= 0.3 is 0 Å². The molecule has 0 N–H and O–H groups in total. The van der Waals surface area contributed by atoms with Crippen molar-refractivity contribution in [2.24, 2.45) is 0 Å². The van der Waals surface area contributed by atoms with Crippen molar-refractivity contribution in [2.75, 3.05) is 14.7 Å². The molecule has 0 unspecified atom stereocenters. The Balaban J connectivity index is 1.21. The fourth-order valence-corrected chi connectivity index (χ4v) is 14.7. The molecule has 0 saturated heterocycles. The summed E-state index contributed by atoms with van der Waals surface area (Å²) in [5, 5.41) is 1.16. The van der Waals surface area contributed by atoms with Crippen LogP contribution in [0.4, 0.5) is 51.2 Å². The van der Waals surface area contributed by atoms with Gasteiger partial charge in [-0.25, -0.2) is 0 Å². The summed E-state index contributed by atoms with van der Waals surface area (Å²) >= 11 is 0. The number of hydrogen-bond acceptors (Lipinski definition) is 4.